The minimum absolute atomic E-state index is 0. The summed E-state index contributed by atoms with van der Waals surface area (Å²) >= 11 is 0. The molecule has 1 aliphatic rings. The van der Waals surface area contributed by atoms with E-state index in [1.807, 2.05) is 0 Å². The maximum atomic E-state index is 11.6. The Balaban J connectivity index is 0.00000361. The monoisotopic (exact) mass is 396 g/mol. The van der Waals surface area contributed by atoms with E-state index in [-0.39, 0.29) is 42.0 Å². The zero-order chi connectivity index (χ0) is 14.5. The average molecular weight is 396 g/mol. The normalized spacial score (nSPS) is 16.6. The molecule has 2 N–H and O–H groups in total. The van der Waals surface area contributed by atoms with Gasteiger partial charge in [0, 0.05) is 25.7 Å². The first-order chi connectivity index (χ1) is 8.78. The maximum absolute atomic E-state index is 11.6. The topological polar surface area (TPSA) is 56.7 Å². The molecule has 0 spiro atoms. The van der Waals surface area contributed by atoms with Crippen LogP contribution in [0.4, 0.5) is 0 Å². The van der Waals surface area contributed by atoms with Crippen LogP contribution < -0.4 is 10.6 Å². The molecule has 0 radical (unpaired) electrons. The summed E-state index contributed by atoms with van der Waals surface area (Å²) < 4.78 is 0. The summed E-state index contributed by atoms with van der Waals surface area (Å²) in [6, 6.07) is 0.489. The van der Waals surface area contributed by atoms with E-state index in [2.05, 4.69) is 36.4 Å². The van der Waals surface area contributed by atoms with Crippen molar-refractivity contribution in [3.63, 3.8) is 0 Å². The van der Waals surface area contributed by atoms with E-state index >= 15 is 0 Å². The second kappa shape index (κ2) is 8.69. The quantitative estimate of drug-likeness (QED) is 0.436. The van der Waals surface area contributed by atoms with Gasteiger partial charge in [-0.1, -0.05) is 12.8 Å². The highest BCUT2D eigenvalue weighted by Crippen LogP contribution is 2.17. The molecule has 6 heteroatoms. The van der Waals surface area contributed by atoms with Crippen molar-refractivity contribution in [3.05, 3.63) is 0 Å². The zero-order valence-corrected chi connectivity index (χ0v) is 15.7. The van der Waals surface area contributed by atoms with Crippen LogP contribution in [0.3, 0.4) is 0 Å². The molecule has 1 rings (SSSR count). The largest absolute Gasteiger partial charge is 0.354 e. The molecule has 1 saturated carbocycles. The number of aliphatic imine (C=N–C) groups is 1. The van der Waals surface area contributed by atoms with Gasteiger partial charge in [-0.25, -0.2) is 4.99 Å². The first-order valence-corrected chi connectivity index (χ1v) is 7.07. The predicted octanol–water partition coefficient (Wildman–Crippen LogP) is 1.97. The molecular formula is C14H29IN4O. The molecule has 0 unspecified atom stereocenters. The van der Waals surface area contributed by atoms with Crippen LogP contribution in [-0.4, -0.2) is 49.0 Å². The van der Waals surface area contributed by atoms with Crippen LogP contribution in [-0.2, 0) is 4.79 Å². The summed E-state index contributed by atoms with van der Waals surface area (Å²) in [5.74, 6) is 0.760. The molecule has 0 saturated heterocycles. The van der Waals surface area contributed by atoms with Gasteiger partial charge in [0.25, 0.3) is 0 Å². The second-order valence-corrected chi connectivity index (χ2v) is 6.45. The molecule has 0 atom stereocenters. The molecule has 0 aromatic carbocycles. The van der Waals surface area contributed by atoms with Gasteiger partial charge >= 0.3 is 0 Å². The van der Waals surface area contributed by atoms with Crippen molar-refractivity contribution < 1.29 is 4.79 Å². The van der Waals surface area contributed by atoms with Crippen molar-refractivity contribution in [2.45, 2.75) is 58.0 Å². The van der Waals surface area contributed by atoms with Crippen LogP contribution >= 0.6 is 24.0 Å². The van der Waals surface area contributed by atoms with Crippen molar-refractivity contribution in [2.75, 3.05) is 20.6 Å². The predicted molar refractivity (Wildman–Crippen MR) is 94.7 cm³/mol. The highest BCUT2D eigenvalue weighted by Gasteiger charge is 2.19. The van der Waals surface area contributed by atoms with Gasteiger partial charge in [-0.2, -0.15) is 0 Å². The van der Waals surface area contributed by atoms with Crippen LogP contribution in [0.15, 0.2) is 4.99 Å². The van der Waals surface area contributed by atoms with Crippen molar-refractivity contribution >= 4 is 35.8 Å². The SMILES string of the molecule is CN(C)C(=O)CN=C(NC1CCCC1)NC(C)(C)C.I. The van der Waals surface area contributed by atoms with Crippen molar-refractivity contribution in [2.24, 2.45) is 4.99 Å². The highest BCUT2D eigenvalue weighted by atomic mass is 127. The Morgan fingerprint density at radius 1 is 1.25 bits per heavy atom. The Labute approximate surface area is 140 Å². The number of carbonyl (C=O) groups excluding carboxylic acids is 1. The average Bonchev–Trinajstić information content (AvgIpc) is 2.75. The lowest BCUT2D eigenvalue weighted by molar-refractivity contribution is -0.127. The molecule has 0 aromatic rings. The summed E-state index contributed by atoms with van der Waals surface area (Å²) in [6.07, 6.45) is 4.92. The summed E-state index contributed by atoms with van der Waals surface area (Å²) in [7, 11) is 3.50. The standard InChI is InChI=1S/C14H28N4O.HI/c1-14(2,3)17-13(15-10-12(19)18(4)5)16-11-8-6-7-9-11;/h11H,6-10H2,1-5H3,(H2,15,16,17);1H. The van der Waals surface area contributed by atoms with E-state index in [1.54, 1.807) is 19.0 Å². The van der Waals surface area contributed by atoms with E-state index in [9.17, 15) is 4.79 Å². The van der Waals surface area contributed by atoms with E-state index in [1.165, 1.54) is 25.7 Å². The van der Waals surface area contributed by atoms with Gasteiger partial charge in [0.1, 0.15) is 6.54 Å². The number of likely N-dealkylation sites (N-methyl/N-ethyl adjacent to an activating group) is 1. The molecule has 0 heterocycles. The number of halogens is 1. The Kier molecular flexibility index (Phi) is 8.46. The molecule has 118 valence electrons. The number of carbonyl (C=O) groups is 1. The maximum Gasteiger partial charge on any atom is 0.243 e. The molecule has 0 bridgehead atoms. The summed E-state index contributed by atoms with van der Waals surface area (Å²) in [5, 5.41) is 6.78. The van der Waals surface area contributed by atoms with Crippen LogP contribution in [0.25, 0.3) is 0 Å². The van der Waals surface area contributed by atoms with E-state index in [4.69, 9.17) is 0 Å². The first-order valence-electron chi connectivity index (χ1n) is 7.07. The van der Waals surface area contributed by atoms with Gasteiger partial charge in [-0.15, -0.1) is 24.0 Å². The molecule has 0 aromatic heterocycles. The summed E-state index contributed by atoms with van der Waals surface area (Å²) in [4.78, 5) is 17.6. The number of guanidine groups is 1. The number of hydrogen-bond acceptors (Lipinski definition) is 2. The fourth-order valence-corrected chi connectivity index (χ4v) is 2.03. The fourth-order valence-electron chi connectivity index (χ4n) is 2.03. The van der Waals surface area contributed by atoms with E-state index in [0.717, 1.165) is 5.96 Å². The highest BCUT2D eigenvalue weighted by molar-refractivity contribution is 14.0. The minimum atomic E-state index is -0.0639. The lowest BCUT2D eigenvalue weighted by atomic mass is 10.1. The lowest BCUT2D eigenvalue weighted by Crippen LogP contribution is -2.50. The smallest absolute Gasteiger partial charge is 0.243 e. The van der Waals surface area contributed by atoms with Gasteiger partial charge in [0.15, 0.2) is 5.96 Å². The van der Waals surface area contributed by atoms with Crippen molar-refractivity contribution in [3.8, 4) is 0 Å². The summed E-state index contributed by atoms with van der Waals surface area (Å²) in [6.45, 7) is 6.46. The van der Waals surface area contributed by atoms with Gasteiger partial charge in [0.2, 0.25) is 5.91 Å². The van der Waals surface area contributed by atoms with Gasteiger partial charge < -0.3 is 15.5 Å². The molecule has 1 aliphatic carbocycles. The van der Waals surface area contributed by atoms with Crippen molar-refractivity contribution in [1.29, 1.82) is 0 Å². The molecular weight excluding hydrogens is 367 g/mol. The number of nitrogens with one attached hydrogen (secondary N) is 2. The third kappa shape index (κ3) is 7.91. The van der Waals surface area contributed by atoms with E-state index < -0.39 is 0 Å². The van der Waals surface area contributed by atoms with Crippen molar-refractivity contribution in [1.82, 2.24) is 15.5 Å². The number of hydrogen-bond donors (Lipinski definition) is 2. The zero-order valence-electron chi connectivity index (χ0n) is 13.3. The molecule has 1 fully saturated rings. The number of amides is 1. The van der Waals surface area contributed by atoms with Crippen LogP contribution in [0.2, 0.25) is 0 Å². The lowest BCUT2D eigenvalue weighted by Gasteiger charge is -2.26. The molecule has 5 nitrogen and oxygen atoms in total. The Morgan fingerprint density at radius 2 is 1.80 bits per heavy atom. The Hall–Kier alpha value is -0.530. The van der Waals surface area contributed by atoms with Crippen LogP contribution in [0.1, 0.15) is 46.5 Å². The third-order valence-corrected chi connectivity index (χ3v) is 3.06. The molecule has 1 amide bonds. The second-order valence-electron chi connectivity index (χ2n) is 6.45. The van der Waals surface area contributed by atoms with Gasteiger partial charge in [-0.3, -0.25) is 4.79 Å². The Bertz CT molecular complexity index is 331. The minimum Gasteiger partial charge on any atom is -0.354 e. The number of nitrogens with zero attached hydrogens (tertiary/aromatic N) is 2. The van der Waals surface area contributed by atoms with Crippen LogP contribution in [0.5, 0.6) is 0 Å². The van der Waals surface area contributed by atoms with Gasteiger partial charge in [0.05, 0.1) is 0 Å². The van der Waals surface area contributed by atoms with E-state index in [0.29, 0.717) is 6.04 Å². The van der Waals surface area contributed by atoms with Gasteiger partial charge in [-0.05, 0) is 33.6 Å². The fraction of sp³-hybridized carbons (Fsp3) is 0.857. The summed E-state index contributed by atoms with van der Waals surface area (Å²) in [5.41, 5.74) is -0.0639. The first kappa shape index (κ1) is 19.5. The molecule has 0 aliphatic heterocycles. The number of rotatable bonds is 3. The Morgan fingerprint density at radius 3 is 2.25 bits per heavy atom. The van der Waals surface area contributed by atoms with Crippen LogP contribution in [0, 0.1) is 0 Å². The third-order valence-electron chi connectivity index (χ3n) is 3.06. The molecule has 20 heavy (non-hydrogen) atoms.